The minimum absolute atomic E-state index is 0.0267. The Morgan fingerprint density at radius 1 is 1.30 bits per heavy atom. The second-order valence-corrected chi connectivity index (χ2v) is 5.21. The Morgan fingerprint density at radius 3 is 2.70 bits per heavy atom. The fourth-order valence-electron chi connectivity index (χ4n) is 1.56. The van der Waals surface area contributed by atoms with Crippen LogP contribution in [0, 0.1) is 5.82 Å². The second-order valence-electron chi connectivity index (χ2n) is 4.05. The first kappa shape index (κ1) is 17.1. The molecule has 0 bridgehead atoms. The van der Waals surface area contributed by atoms with Gasteiger partial charge >= 0.3 is 5.51 Å². The van der Waals surface area contributed by atoms with Crippen molar-refractivity contribution in [3.05, 3.63) is 29.6 Å². The van der Waals surface area contributed by atoms with Crippen LogP contribution in [0.5, 0.6) is 5.75 Å². The van der Waals surface area contributed by atoms with Gasteiger partial charge in [0.05, 0.1) is 6.61 Å². The Morgan fingerprint density at radius 2 is 2.05 bits per heavy atom. The van der Waals surface area contributed by atoms with Crippen molar-refractivity contribution in [2.75, 3.05) is 18.9 Å². The van der Waals surface area contributed by atoms with Crippen LogP contribution < -0.4 is 10.1 Å². The number of ether oxygens (including phenoxy) is 1. The second kappa shape index (κ2) is 8.36. The highest BCUT2D eigenvalue weighted by Gasteiger charge is 2.27. The van der Waals surface area contributed by atoms with Gasteiger partial charge in [0, 0.05) is 17.9 Å². The molecule has 1 aromatic carbocycles. The molecule has 0 saturated carbocycles. The number of thioether (sulfide) groups is 1. The Balaban J connectivity index is 2.54. The number of nitrogens with one attached hydrogen (secondary N) is 1. The van der Waals surface area contributed by atoms with E-state index in [1.54, 1.807) is 12.1 Å². The fourth-order valence-corrected chi connectivity index (χ4v) is 1.95. The van der Waals surface area contributed by atoms with Gasteiger partial charge in [-0.1, -0.05) is 19.1 Å². The lowest BCUT2D eigenvalue weighted by molar-refractivity contribution is -0.0329. The summed E-state index contributed by atoms with van der Waals surface area (Å²) in [5.74, 6) is -0.795. The average Bonchev–Trinajstić information content (AvgIpc) is 2.36. The van der Waals surface area contributed by atoms with Crippen LogP contribution in [-0.4, -0.2) is 24.4 Å². The van der Waals surface area contributed by atoms with Gasteiger partial charge in [0.25, 0.3) is 0 Å². The highest BCUT2D eigenvalue weighted by molar-refractivity contribution is 8.00. The Labute approximate surface area is 119 Å². The molecule has 0 saturated heterocycles. The number of hydrogen-bond acceptors (Lipinski definition) is 3. The molecule has 114 valence electrons. The van der Waals surface area contributed by atoms with Crippen molar-refractivity contribution in [3.63, 3.8) is 0 Å². The molecular weight excluding hydrogens is 294 g/mol. The van der Waals surface area contributed by atoms with Crippen molar-refractivity contribution in [2.45, 2.75) is 25.4 Å². The number of alkyl halides is 3. The molecule has 0 unspecified atom stereocenters. The summed E-state index contributed by atoms with van der Waals surface area (Å²) in [4.78, 5) is 0. The lowest BCUT2D eigenvalue weighted by Crippen LogP contribution is -2.16. The summed E-state index contributed by atoms with van der Waals surface area (Å²) < 4.78 is 54.7. The Hall–Kier alpha value is -0.950. The maximum absolute atomic E-state index is 13.6. The monoisotopic (exact) mass is 311 g/mol. The topological polar surface area (TPSA) is 21.3 Å². The normalized spacial score (nSPS) is 11.7. The molecule has 2 nitrogen and oxygen atoms in total. The van der Waals surface area contributed by atoms with Crippen molar-refractivity contribution in [1.29, 1.82) is 0 Å². The number of hydrogen-bond donors (Lipinski definition) is 1. The van der Waals surface area contributed by atoms with E-state index in [1.165, 1.54) is 6.07 Å². The van der Waals surface area contributed by atoms with Gasteiger partial charge in [-0.15, -0.1) is 0 Å². The van der Waals surface area contributed by atoms with Crippen molar-refractivity contribution in [2.24, 2.45) is 0 Å². The third-order valence-electron chi connectivity index (χ3n) is 2.39. The number of benzene rings is 1. The van der Waals surface area contributed by atoms with Crippen LogP contribution in [0.3, 0.4) is 0 Å². The molecule has 0 spiro atoms. The maximum Gasteiger partial charge on any atom is 0.441 e. The quantitative estimate of drug-likeness (QED) is 0.580. The summed E-state index contributed by atoms with van der Waals surface area (Å²) in [5.41, 5.74) is -3.68. The zero-order chi connectivity index (χ0) is 15.0. The molecule has 0 atom stereocenters. The summed E-state index contributed by atoms with van der Waals surface area (Å²) in [6, 6.07) is 4.48. The van der Waals surface area contributed by atoms with Crippen LogP contribution >= 0.6 is 11.8 Å². The summed E-state index contributed by atoms with van der Waals surface area (Å²) in [6.07, 6.45) is 0.938. The van der Waals surface area contributed by atoms with Crippen LogP contribution in [-0.2, 0) is 6.54 Å². The molecule has 0 aromatic heterocycles. The first-order valence-electron chi connectivity index (χ1n) is 6.25. The molecule has 1 N–H and O–H groups in total. The van der Waals surface area contributed by atoms with Crippen LogP contribution in [0.15, 0.2) is 18.2 Å². The van der Waals surface area contributed by atoms with E-state index < -0.39 is 11.3 Å². The summed E-state index contributed by atoms with van der Waals surface area (Å²) in [6.45, 7) is 3.02. The van der Waals surface area contributed by atoms with Gasteiger partial charge in [0.15, 0.2) is 11.6 Å². The van der Waals surface area contributed by atoms with Crippen molar-refractivity contribution in [3.8, 4) is 5.75 Å². The van der Waals surface area contributed by atoms with Crippen LogP contribution in [0.4, 0.5) is 17.6 Å². The van der Waals surface area contributed by atoms with Gasteiger partial charge in [-0.3, -0.25) is 0 Å². The van der Waals surface area contributed by atoms with Crippen LogP contribution in [0.25, 0.3) is 0 Å². The van der Waals surface area contributed by atoms with Gasteiger partial charge in [-0.05, 0) is 30.8 Å². The number of halogens is 4. The van der Waals surface area contributed by atoms with E-state index in [-0.39, 0.29) is 29.9 Å². The van der Waals surface area contributed by atoms with E-state index in [4.69, 9.17) is 4.74 Å². The van der Waals surface area contributed by atoms with E-state index in [2.05, 4.69) is 5.32 Å². The van der Waals surface area contributed by atoms with Gasteiger partial charge in [0.2, 0.25) is 0 Å². The first-order chi connectivity index (χ1) is 9.44. The molecule has 7 heteroatoms. The molecule has 0 radical (unpaired) electrons. The van der Waals surface area contributed by atoms with Gasteiger partial charge in [-0.25, -0.2) is 4.39 Å². The molecule has 0 heterocycles. The smallest absolute Gasteiger partial charge is 0.441 e. The molecule has 20 heavy (non-hydrogen) atoms. The zero-order valence-corrected chi connectivity index (χ0v) is 11.9. The lowest BCUT2D eigenvalue weighted by atomic mass is 10.2. The average molecular weight is 311 g/mol. The predicted octanol–water partition coefficient (Wildman–Crippen LogP) is 3.96. The third kappa shape index (κ3) is 6.47. The standard InChI is InChI=1S/C13H17F4NOS/c1-2-6-18-9-10-4-3-5-11(14)12(10)19-7-8-20-13(15,16)17/h3-5,18H,2,6-9H2,1H3. The number of para-hydroxylation sites is 1. The Bertz CT molecular complexity index is 412. The highest BCUT2D eigenvalue weighted by atomic mass is 32.2. The van der Waals surface area contributed by atoms with Crippen molar-refractivity contribution < 1.29 is 22.3 Å². The van der Waals surface area contributed by atoms with E-state index in [0.29, 0.717) is 12.1 Å². The van der Waals surface area contributed by atoms with Crippen LogP contribution in [0.1, 0.15) is 18.9 Å². The molecule has 0 aliphatic heterocycles. The van der Waals surface area contributed by atoms with E-state index in [1.807, 2.05) is 6.92 Å². The van der Waals surface area contributed by atoms with Crippen LogP contribution in [0.2, 0.25) is 0 Å². The Kier molecular flexibility index (Phi) is 7.15. The van der Waals surface area contributed by atoms with Crippen molar-refractivity contribution in [1.82, 2.24) is 5.32 Å². The van der Waals surface area contributed by atoms with Gasteiger partial charge < -0.3 is 10.1 Å². The molecule has 0 fully saturated rings. The summed E-state index contributed by atoms with van der Waals surface area (Å²) >= 11 is -0.177. The van der Waals surface area contributed by atoms with E-state index >= 15 is 0 Å². The third-order valence-corrected chi connectivity index (χ3v) is 3.08. The molecular formula is C13H17F4NOS. The minimum atomic E-state index is -4.29. The molecule has 0 amide bonds. The first-order valence-corrected chi connectivity index (χ1v) is 7.24. The predicted molar refractivity (Wildman–Crippen MR) is 72.4 cm³/mol. The van der Waals surface area contributed by atoms with Gasteiger partial charge in [-0.2, -0.15) is 13.2 Å². The maximum atomic E-state index is 13.6. The zero-order valence-electron chi connectivity index (χ0n) is 11.1. The van der Waals surface area contributed by atoms with Gasteiger partial charge in [0.1, 0.15) is 0 Å². The fraction of sp³-hybridized carbons (Fsp3) is 0.538. The largest absolute Gasteiger partial charge is 0.489 e. The van der Waals surface area contributed by atoms with Crippen molar-refractivity contribution >= 4 is 11.8 Å². The highest BCUT2D eigenvalue weighted by Crippen LogP contribution is 2.30. The molecule has 1 rings (SSSR count). The van der Waals surface area contributed by atoms with E-state index in [0.717, 1.165) is 13.0 Å². The molecule has 1 aromatic rings. The molecule has 0 aliphatic rings. The molecule has 0 aliphatic carbocycles. The van der Waals surface area contributed by atoms with E-state index in [9.17, 15) is 17.6 Å². The SMILES string of the molecule is CCCNCc1cccc(F)c1OCCSC(F)(F)F. The minimum Gasteiger partial charge on any atom is -0.489 e. The number of rotatable bonds is 8. The summed E-state index contributed by atoms with van der Waals surface area (Å²) in [5, 5.41) is 3.10. The lowest BCUT2D eigenvalue weighted by Gasteiger charge is -2.13. The summed E-state index contributed by atoms with van der Waals surface area (Å²) in [7, 11) is 0.